The maximum Gasteiger partial charge on any atom is 0.277 e. The lowest BCUT2D eigenvalue weighted by atomic mass is 10.2. The molecule has 1 aliphatic rings. The number of amides is 1. The minimum Gasteiger partial charge on any atom is -0.346 e. The van der Waals surface area contributed by atoms with E-state index in [-0.39, 0.29) is 5.91 Å². The number of likely N-dealkylation sites (N-methyl/N-ethyl adjacent to an activating group) is 1. The van der Waals surface area contributed by atoms with Crippen LogP contribution in [-0.4, -0.2) is 33.7 Å². The Hall–Kier alpha value is -2.14. The van der Waals surface area contributed by atoms with Crippen molar-refractivity contribution >= 4 is 40.5 Å². The summed E-state index contributed by atoms with van der Waals surface area (Å²) in [6.07, 6.45) is 8.11. The molecule has 0 aromatic carbocycles. The number of rotatable bonds is 4. The van der Waals surface area contributed by atoms with Crippen molar-refractivity contribution in [2.24, 2.45) is 4.99 Å². The molecule has 5 nitrogen and oxygen atoms in total. The molecule has 2 aromatic rings. The van der Waals surface area contributed by atoms with Crippen molar-refractivity contribution in [3.8, 4) is 0 Å². The second-order valence-corrected chi connectivity index (χ2v) is 5.76. The van der Waals surface area contributed by atoms with Crippen LogP contribution in [0.5, 0.6) is 0 Å². The normalized spacial score (nSPS) is 16.9. The minimum absolute atomic E-state index is 0.0737. The lowest BCUT2D eigenvalue weighted by Crippen LogP contribution is -2.27. The van der Waals surface area contributed by atoms with Crippen molar-refractivity contribution in [2.45, 2.75) is 26.2 Å². The van der Waals surface area contributed by atoms with Gasteiger partial charge in [-0.25, -0.2) is 9.98 Å². The van der Waals surface area contributed by atoms with Gasteiger partial charge in [0.05, 0.1) is 5.02 Å². The Morgan fingerprint density at radius 2 is 2.27 bits per heavy atom. The van der Waals surface area contributed by atoms with Crippen LogP contribution in [0.2, 0.25) is 5.02 Å². The van der Waals surface area contributed by atoms with Gasteiger partial charge < -0.3 is 4.98 Å². The van der Waals surface area contributed by atoms with E-state index in [1.807, 2.05) is 12.3 Å². The van der Waals surface area contributed by atoms with E-state index in [4.69, 9.17) is 11.6 Å². The third kappa shape index (κ3) is 2.64. The van der Waals surface area contributed by atoms with Gasteiger partial charge in [0.1, 0.15) is 17.2 Å². The summed E-state index contributed by atoms with van der Waals surface area (Å²) < 4.78 is 0. The Morgan fingerprint density at radius 1 is 1.45 bits per heavy atom. The second-order valence-electron chi connectivity index (χ2n) is 5.32. The highest BCUT2D eigenvalue weighted by molar-refractivity contribution is 6.31. The zero-order chi connectivity index (χ0) is 15.7. The van der Waals surface area contributed by atoms with Gasteiger partial charge >= 0.3 is 0 Å². The number of hydrogen-bond acceptors (Lipinski definition) is 3. The molecular weight excluding hydrogens is 300 g/mol. The number of aromatic amines is 1. The molecule has 0 bridgehead atoms. The minimum atomic E-state index is -0.0737. The molecule has 0 fully saturated rings. The first-order valence-corrected chi connectivity index (χ1v) is 7.68. The number of amidine groups is 1. The molecule has 22 heavy (non-hydrogen) atoms. The van der Waals surface area contributed by atoms with Crippen molar-refractivity contribution in [3.05, 3.63) is 34.7 Å². The van der Waals surface area contributed by atoms with E-state index < -0.39 is 0 Å². The molecule has 114 valence electrons. The van der Waals surface area contributed by atoms with Crippen LogP contribution in [0.1, 0.15) is 31.7 Å². The standard InChI is InChI=1S/C16H17ClN4O/c1-3-4-5-14-20-13(16(22)21(14)2)6-10-8-18-15-12(10)7-11(17)9-19-15/h6-9H,3-5H2,1-2H3,(H,18,19)/b13-6-. The Morgan fingerprint density at radius 3 is 3.05 bits per heavy atom. The Balaban J connectivity index is 1.98. The third-order valence-electron chi connectivity index (χ3n) is 3.74. The van der Waals surface area contributed by atoms with Gasteiger partial charge in [-0.3, -0.25) is 9.69 Å². The number of hydrogen-bond donors (Lipinski definition) is 1. The molecule has 3 heterocycles. The highest BCUT2D eigenvalue weighted by Gasteiger charge is 2.26. The number of nitrogens with one attached hydrogen (secondary N) is 1. The number of unbranched alkanes of at least 4 members (excludes halogenated alkanes) is 1. The predicted molar refractivity (Wildman–Crippen MR) is 88.8 cm³/mol. The first-order chi connectivity index (χ1) is 10.6. The largest absolute Gasteiger partial charge is 0.346 e. The Labute approximate surface area is 133 Å². The van der Waals surface area contributed by atoms with Gasteiger partial charge in [-0.15, -0.1) is 0 Å². The van der Waals surface area contributed by atoms with E-state index in [0.29, 0.717) is 10.7 Å². The quantitative estimate of drug-likeness (QED) is 0.876. The van der Waals surface area contributed by atoms with Crippen molar-refractivity contribution in [3.63, 3.8) is 0 Å². The smallest absolute Gasteiger partial charge is 0.277 e. The molecule has 0 spiro atoms. The molecule has 6 heteroatoms. The van der Waals surface area contributed by atoms with Gasteiger partial charge in [0.25, 0.3) is 5.91 Å². The average Bonchev–Trinajstić information content (AvgIpc) is 3.02. The van der Waals surface area contributed by atoms with E-state index in [1.165, 1.54) is 0 Å². The van der Waals surface area contributed by atoms with Crippen molar-refractivity contribution in [1.29, 1.82) is 0 Å². The fourth-order valence-corrected chi connectivity index (χ4v) is 2.63. The first-order valence-electron chi connectivity index (χ1n) is 7.30. The highest BCUT2D eigenvalue weighted by atomic mass is 35.5. The zero-order valence-corrected chi connectivity index (χ0v) is 13.3. The lowest BCUT2D eigenvalue weighted by Gasteiger charge is -2.10. The summed E-state index contributed by atoms with van der Waals surface area (Å²) in [5.41, 5.74) is 2.06. The molecule has 0 unspecified atom stereocenters. The molecular formula is C16H17ClN4O. The van der Waals surface area contributed by atoms with Gasteiger partial charge in [0, 0.05) is 36.8 Å². The molecule has 0 aliphatic carbocycles. The van der Waals surface area contributed by atoms with Crippen LogP contribution in [0, 0.1) is 0 Å². The Bertz CT molecular complexity index is 791. The molecule has 1 N–H and O–H groups in total. The SMILES string of the molecule is CCCCC1=N/C(=C\c2c[nH]c3ncc(Cl)cc23)C(=O)N1C. The molecule has 3 rings (SSSR count). The van der Waals surface area contributed by atoms with Crippen LogP contribution in [-0.2, 0) is 4.79 Å². The number of halogens is 1. The predicted octanol–water partition coefficient (Wildman–Crippen LogP) is 3.62. The number of carbonyl (C=O) groups excluding carboxylic acids is 1. The topological polar surface area (TPSA) is 61.4 Å². The molecule has 0 saturated heterocycles. The number of carbonyl (C=O) groups is 1. The fourth-order valence-electron chi connectivity index (χ4n) is 2.47. The van der Waals surface area contributed by atoms with Gasteiger partial charge in [-0.2, -0.15) is 0 Å². The van der Waals surface area contributed by atoms with E-state index in [1.54, 1.807) is 24.2 Å². The highest BCUT2D eigenvalue weighted by Crippen LogP contribution is 2.25. The summed E-state index contributed by atoms with van der Waals surface area (Å²) in [6, 6.07) is 1.83. The fraction of sp³-hybridized carbons (Fsp3) is 0.312. The summed E-state index contributed by atoms with van der Waals surface area (Å²) in [6.45, 7) is 2.12. The average molecular weight is 317 g/mol. The number of fused-ring (bicyclic) bond motifs is 1. The number of aromatic nitrogens is 2. The van der Waals surface area contributed by atoms with Crippen LogP contribution in [0.25, 0.3) is 17.1 Å². The first kappa shape index (κ1) is 14.8. The van der Waals surface area contributed by atoms with Gasteiger partial charge in [0.15, 0.2) is 0 Å². The van der Waals surface area contributed by atoms with E-state index in [9.17, 15) is 4.79 Å². The van der Waals surface area contributed by atoms with Crippen LogP contribution in [0.15, 0.2) is 29.1 Å². The number of pyridine rings is 1. The molecule has 2 aromatic heterocycles. The molecule has 0 saturated carbocycles. The summed E-state index contributed by atoms with van der Waals surface area (Å²) in [7, 11) is 1.77. The molecule has 0 radical (unpaired) electrons. The maximum atomic E-state index is 12.3. The number of aliphatic imine (C=N–C) groups is 1. The molecule has 0 atom stereocenters. The van der Waals surface area contributed by atoms with Gasteiger partial charge in [0.2, 0.25) is 0 Å². The second kappa shape index (κ2) is 5.93. The van der Waals surface area contributed by atoms with Crippen molar-refractivity contribution < 1.29 is 4.79 Å². The summed E-state index contributed by atoms with van der Waals surface area (Å²) in [4.78, 5) is 25.7. The van der Waals surface area contributed by atoms with Crippen molar-refractivity contribution in [2.75, 3.05) is 7.05 Å². The van der Waals surface area contributed by atoms with Crippen LogP contribution < -0.4 is 0 Å². The summed E-state index contributed by atoms with van der Waals surface area (Å²) >= 11 is 6.00. The summed E-state index contributed by atoms with van der Waals surface area (Å²) in [5, 5.41) is 1.45. The van der Waals surface area contributed by atoms with E-state index in [2.05, 4.69) is 21.9 Å². The number of H-pyrrole nitrogens is 1. The third-order valence-corrected chi connectivity index (χ3v) is 3.94. The monoisotopic (exact) mass is 316 g/mol. The lowest BCUT2D eigenvalue weighted by molar-refractivity contribution is -0.121. The van der Waals surface area contributed by atoms with Gasteiger partial charge in [-0.05, 0) is 18.6 Å². The van der Waals surface area contributed by atoms with Crippen LogP contribution in [0.3, 0.4) is 0 Å². The summed E-state index contributed by atoms with van der Waals surface area (Å²) in [5.74, 6) is 0.754. The Kier molecular flexibility index (Phi) is 3.98. The zero-order valence-electron chi connectivity index (χ0n) is 12.6. The molecule has 1 amide bonds. The molecule has 1 aliphatic heterocycles. The van der Waals surface area contributed by atoms with Crippen molar-refractivity contribution in [1.82, 2.24) is 14.9 Å². The van der Waals surface area contributed by atoms with E-state index in [0.717, 1.165) is 41.7 Å². The van der Waals surface area contributed by atoms with Crippen LogP contribution in [0.4, 0.5) is 0 Å². The maximum absolute atomic E-state index is 12.3. The van der Waals surface area contributed by atoms with Crippen LogP contribution >= 0.6 is 11.6 Å². The van der Waals surface area contributed by atoms with Gasteiger partial charge in [-0.1, -0.05) is 24.9 Å². The van der Waals surface area contributed by atoms with E-state index >= 15 is 0 Å². The number of nitrogens with zero attached hydrogens (tertiary/aromatic N) is 3.